The summed E-state index contributed by atoms with van der Waals surface area (Å²) in [6, 6.07) is 2.75. The van der Waals surface area contributed by atoms with Crippen LogP contribution in [0.4, 0.5) is 0 Å². The molecule has 0 aliphatic rings. The number of aromatic carboxylic acids is 1. The molecule has 21 heavy (non-hydrogen) atoms. The van der Waals surface area contributed by atoms with Gasteiger partial charge >= 0.3 is 5.97 Å². The minimum Gasteiger partial charge on any atom is -0.493 e. The van der Waals surface area contributed by atoms with Crippen molar-refractivity contribution in [1.29, 1.82) is 0 Å². The van der Waals surface area contributed by atoms with Crippen LogP contribution in [0.1, 0.15) is 29.0 Å². The van der Waals surface area contributed by atoms with Crippen LogP contribution in [0.2, 0.25) is 5.02 Å². The molecular formula is C13H13ClN2O5. The average molecular weight is 313 g/mol. The third kappa shape index (κ3) is 3.43. The Bertz CT molecular complexity index is 656. The van der Waals surface area contributed by atoms with Crippen LogP contribution in [0.5, 0.6) is 11.5 Å². The van der Waals surface area contributed by atoms with Crippen molar-refractivity contribution in [2.75, 3.05) is 7.11 Å². The third-order valence-corrected chi connectivity index (χ3v) is 2.85. The predicted molar refractivity (Wildman–Crippen MR) is 73.0 cm³/mol. The fourth-order valence-corrected chi connectivity index (χ4v) is 1.86. The van der Waals surface area contributed by atoms with Gasteiger partial charge in [-0.2, -0.15) is 4.98 Å². The largest absolute Gasteiger partial charge is 0.493 e. The van der Waals surface area contributed by atoms with Crippen molar-refractivity contribution < 1.29 is 23.9 Å². The number of carboxylic acids is 1. The van der Waals surface area contributed by atoms with Crippen LogP contribution in [-0.2, 0) is 13.0 Å². The Morgan fingerprint density at radius 2 is 2.24 bits per heavy atom. The zero-order valence-electron chi connectivity index (χ0n) is 11.4. The SMILES string of the molecule is CCc1noc(COc2c(OC)cc(Cl)cc2C(=O)O)n1. The van der Waals surface area contributed by atoms with Gasteiger partial charge in [-0.25, -0.2) is 4.79 Å². The lowest BCUT2D eigenvalue weighted by Crippen LogP contribution is -2.05. The summed E-state index contributed by atoms with van der Waals surface area (Å²) in [6.45, 7) is 1.82. The van der Waals surface area contributed by atoms with Gasteiger partial charge in [-0.1, -0.05) is 23.7 Å². The predicted octanol–water partition coefficient (Wildman–Crippen LogP) is 2.57. The lowest BCUT2D eigenvalue weighted by atomic mass is 10.2. The number of benzene rings is 1. The van der Waals surface area contributed by atoms with E-state index in [1.165, 1.54) is 19.2 Å². The van der Waals surface area contributed by atoms with E-state index in [-0.39, 0.29) is 34.6 Å². The molecule has 0 spiro atoms. The zero-order chi connectivity index (χ0) is 15.4. The molecule has 0 aliphatic carbocycles. The number of methoxy groups -OCH3 is 1. The summed E-state index contributed by atoms with van der Waals surface area (Å²) in [7, 11) is 1.39. The van der Waals surface area contributed by atoms with Gasteiger partial charge in [-0.05, 0) is 6.07 Å². The number of aryl methyl sites for hydroxylation is 1. The van der Waals surface area contributed by atoms with Crippen molar-refractivity contribution in [3.05, 3.63) is 34.4 Å². The summed E-state index contributed by atoms with van der Waals surface area (Å²) in [4.78, 5) is 15.3. The van der Waals surface area contributed by atoms with E-state index in [2.05, 4.69) is 10.1 Å². The highest BCUT2D eigenvalue weighted by atomic mass is 35.5. The lowest BCUT2D eigenvalue weighted by molar-refractivity contribution is 0.0690. The fraction of sp³-hybridized carbons (Fsp3) is 0.308. The Morgan fingerprint density at radius 3 is 2.81 bits per heavy atom. The summed E-state index contributed by atoms with van der Waals surface area (Å²) in [5, 5.41) is 13.2. The molecule has 0 atom stereocenters. The topological polar surface area (TPSA) is 94.7 Å². The van der Waals surface area contributed by atoms with Gasteiger partial charge in [-0.3, -0.25) is 0 Å². The molecule has 1 aromatic heterocycles. The first-order valence-electron chi connectivity index (χ1n) is 6.10. The molecule has 0 saturated heterocycles. The molecule has 0 aliphatic heterocycles. The first kappa shape index (κ1) is 15.1. The Morgan fingerprint density at radius 1 is 1.48 bits per heavy atom. The van der Waals surface area contributed by atoms with Crippen molar-refractivity contribution in [2.45, 2.75) is 20.0 Å². The van der Waals surface area contributed by atoms with E-state index in [1.807, 2.05) is 6.92 Å². The first-order valence-corrected chi connectivity index (χ1v) is 6.48. The highest BCUT2D eigenvalue weighted by molar-refractivity contribution is 6.31. The number of hydrogen-bond donors (Lipinski definition) is 1. The average Bonchev–Trinajstić information content (AvgIpc) is 2.92. The molecule has 0 amide bonds. The highest BCUT2D eigenvalue weighted by Crippen LogP contribution is 2.35. The maximum Gasteiger partial charge on any atom is 0.339 e. The van der Waals surface area contributed by atoms with Gasteiger partial charge in [0.2, 0.25) is 0 Å². The molecule has 1 heterocycles. The Balaban J connectivity index is 2.27. The summed E-state index contributed by atoms with van der Waals surface area (Å²) in [6.07, 6.45) is 0.633. The van der Waals surface area contributed by atoms with E-state index in [4.69, 9.17) is 25.6 Å². The Hall–Kier alpha value is -2.28. The second-order valence-electron chi connectivity index (χ2n) is 4.04. The van der Waals surface area contributed by atoms with Gasteiger partial charge in [0, 0.05) is 17.5 Å². The molecule has 0 bridgehead atoms. The maximum atomic E-state index is 11.3. The van der Waals surface area contributed by atoms with Crippen molar-refractivity contribution in [3.8, 4) is 11.5 Å². The van der Waals surface area contributed by atoms with E-state index in [1.54, 1.807) is 0 Å². The van der Waals surface area contributed by atoms with Crippen LogP contribution in [0.3, 0.4) is 0 Å². The molecule has 8 heteroatoms. The molecule has 1 N–H and O–H groups in total. The quantitative estimate of drug-likeness (QED) is 0.875. The number of rotatable bonds is 6. The van der Waals surface area contributed by atoms with Crippen molar-refractivity contribution in [1.82, 2.24) is 10.1 Å². The minimum atomic E-state index is -1.18. The monoisotopic (exact) mass is 312 g/mol. The van der Waals surface area contributed by atoms with E-state index in [9.17, 15) is 9.90 Å². The van der Waals surface area contributed by atoms with Crippen molar-refractivity contribution in [3.63, 3.8) is 0 Å². The minimum absolute atomic E-state index is 0.0608. The molecule has 0 fully saturated rings. The fourth-order valence-electron chi connectivity index (χ4n) is 1.65. The normalized spacial score (nSPS) is 10.4. The summed E-state index contributed by atoms with van der Waals surface area (Å²) < 4.78 is 15.5. The van der Waals surface area contributed by atoms with Gasteiger partial charge in [0.05, 0.1) is 7.11 Å². The molecule has 1 aromatic carbocycles. The standard InChI is InChI=1S/C13H13ClN2O5/c1-3-10-15-11(21-16-10)6-20-12-8(13(17)18)4-7(14)5-9(12)19-2/h4-5H,3,6H2,1-2H3,(H,17,18). The number of halogens is 1. The van der Waals surface area contributed by atoms with E-state index >= 15 is 0 Å². The van der Waals surface area contributed by atoms with E-state index < -0.39 is 5.97 Å². The van der Waals surface area contributed by atoms with Crippen LogP contribution < -0.4 is 9.47 Å². The summed E-state index contributed by atoms with van der Waals surface area (Å²) in [5.41, 5.74) is -0.102. The summed E-state index contributed by atoms with van der Waals surface area (Å²) >= 11 is 5.84. The number of nitrogens with zero attached hydrogens (tertiary/aromatic N) is 2. The lowest BCUT2D eigenvalue weighted by Gasteiger charge is -2.12. The molecule has 2 rings (SSSR count). The molecule has 0 radical (unpaired) electrons. The van der Waals surface area contributed by atoms with Crippen LogP contribution >= 0.6 is 11.6 Å². The highest BCUT2D eigenvalue weighted by Gasteiger charge is 2.19. The number of ether oxygens (including phenoxy) is 2. The van der Waals surface area contributed by atoms with E-state index in [0.717, 1.165) is 0 Å². The molecule has 0 saturated carbocycles. The van der Waals surface area contributed by atoms with E-state index in [0.29, 0.717) is 12.2 Å². The van der Waals surface area contributed by atoms with Gasteiger partial charge < -0.3 is 19.1 Å². The molecular weight excluding hydrogens is 300 g/mol. The molecule has 2 aromatic rings. The number of hydrogen-bond acceptors (Lipinski definition) is 6. The van der Waals surface area contributed by atoms with Crippen LogP contribution in [0.25, 0.3) is 0 Å². The number of carboxylic acid groups (broad SMARTS) is 1. The van der Waals surface area contributed by atoms with Gasteiger partial charge in [0.15, 0.2) is 23.9 Å². The maximum absolute atomic E-state index is 11.3. The number of aromatic nitrogens is 2. The van der Waals surface area contributed by atoms with Crippen LogP contribution in [0, 0.1) is 0 Å². The Kier molecular flexibility index (Phi) is 4.64. The van der Waals surface area contributed by atoms with Gasteiger partial charge in [-0.15, -0.1) is 0 Å². The first-order chi connectivity index (χ1) is 10.0. The smallest absolute Gasteiger partial charge is 0.339 e. The molecule has 112 valence electrons. The van der Waals surface area contributed by atoms with Gasteiger partial charge in [0.25, 0.3) is 5.89 Å². The molecule has 0 unspecified atom stereocenters. The van der Waals surface area contributed by atoms with Crippen molar-refractivity contribution >= 4 is 17.6 Å². The third-order valence-electron chi connectivity index (χ3n) is 2.64. The van der Waals surface area contributed by atoms with Crippen LogP contribution in [-0.4, -0.2) is 28.3 Å². The second kappa shape index (κ2) is 6.45. The van der Waals surface area contributed by atoms with Gasteiger partial charge in [0.1, 0.15) is 5.56 Å². The Labute approximate surface area is 125 Å². The van der Waals surface area contributed by atoms with Crippen molar-refractivity contribution in [2.24, 2.45) is 0 Å². The zero-order valence-corrected chi connectivity index (χ0v) is 12.2. The summed E-state index contributed by atoms with van der Waals surface area (Å²) in [5.74, 6) is -0.0957. The molecule has 7 nitrogen and oxygen atoms in total. The van der Waals surface area contributed by atoms with Crippen LogP contribution in [0.15, 0.2) is 16.7 Å². The number of carbonyl (C=O) groups is 1. The second-order valence-corrected chi connectivity index (χ2v) is 4.47.